The largest absolute Gasteiger partial charge is 0.351 e. The Morgan fingerprint density at radius 2 is 1.93 bits per heavy atom. The number of likely N-dealkylation sites (tertiary alicyclic amines) is 1. The monoisotopic (exact) mass is 193 g/mol. The fourth-order valence-corrected chi connectivity index (χ4v) is 1.65. The predicted molar refractivity (Wildman–Crippen MR) is 54.0 cm³/mol. The lowest BCUT2D eigenvalue weighted by molar-refractivity contribution is 0.263. The zero-order valence-electron chi connectivity index (χ0n) is 8.35. The summed E-state index contributed by atoms with van der Waals surface area (Å²) in [6.07, 6.45) is 5.35. The first-order chi connectivity index (χ1) is 6.84. The summed E-state index contributed by atoms with van der Waals surface area (Å²) in [7, 11) is 2.15. The van der Waals surface area contributed by atoms with Crippen LogP contribution in [0.25, 0.3) is 0 Å². The van der Waals surface area contributed by atoms with Crippen LogP contribution in [-0.2, 0) is 0 Å². The zero-order chi connectivity index (χ0) is 9.80. The summed E-state index contributed by atoms with van der Waals surface area (Å²) in [4.78, 5) is 14.2. The average Bonchev–Trinajstić information content (AvgIpc) is 2.23. The molecule has 0 bridgehead atoms. The maximum atomic E-state index is 4.04. The number of hydrogen-bond acceptors (Lipinski definition) is 5. The SMILES string of the molecule is CN1CCC(Nc2ncncn2)CC1. The van der Waals surface area contributed by atoms with E-state index >= 15 is 0 Å². The van der Waals surface area contributed by atoms with E-state index in [0.29, 0.717) is 12.0 Å². The first kappa shape index (κ1) is 9.33. The molecule has 0 aromatic carbocycles. The Hall–Kier alpha value is -1.23. The summed E-state index contributed by atoms with van der Waals surface area (Å²) in [5.41, 5.74) is 0. The number of hydrogen-bond donors (Lipinski definition) is 1. The van der Waals surface area contributed by atoms with Gasteiger partial charge in [-0.15, -0.1) is 0 Å². The van der Waals surface area contributed by atoms with Crippen LogP contribution < -0.4 is 5.32 Å². The third-order valence-electron chi connectivity index (χ3n) is 2.55. The molecule has 5 heteroatoms. The molecule has 1 saturated heterocycles. The summed E-state index contributed by atoms with van der Waals surface area (Å²) in [6, 6.07) is 0.508. The molecule has 1 aliphatic heterocycles. The molecule has 0 amide bonds. The van der Waals surface area contributed by atoms with Gasteiger partial charge in [-0.2, -0.15) is 0 Å². The molecule has 14 heavy (non-hydrogen) atoms. The van der Waals surface area contributed by atoms with Crippen molar-refractivity contribution in [3.05, 3.63) is 12.7 Å². The van der Waals surface area contributed by atoms with E-state index in [0.717, 1.165) is 25.9 Å². The second kappa shape index (κ2) is 4.32. The Bertz CT molecular complexity index is 268. The van der Waals surface area contributed by atoms with Crippen molar-refractivity contribution in [3.8, 4) is 0 Å². The van der Waals surface area contributed by atoms with Gasteiger partial charge < -0.3 is 10.2 Å². The summed E-state index contributed by atoms with van der Waals surface area (Å²) >= 11 is 0. The molecule has 2 rings (SSSR count). The van der Waals surface area contributed by atoms with Crippen LogP contribution in [0.2, 0.25) is 0 Å². The first-order valence-electron chi connectivity index (χ1n) is 4.91. The van der Waals surface area contributed by atoms with E-state index in [4.69, 9.17) is 0 Å². The lowest BCUT2D eigenvalue weighted by atomic mass is 10.1. The fourth-order valence-electron chi connectivity index (χ4n) is 1.65. The highest BCUT2D eigenvalue weighted by atomic mass is 15.2. The van der Waals surface area contributed by atoms with Crippen LogP contribution in [0.1, 0.15) is 12.8 Å². The zero-order valence-corrected chi connectivity index (χ0v) is 8.35. The highest BCUT2D eigenvalue weighted by molar-refractivity contribution is 5.23. The molecule has 76 valence electrons. The van der Waals surface area contributed by atoms with E-state index in [1.54, 1.807) is 0 Å². The second-order valence-corrected chi connectivity index (χ2v) is 3.68. The highest BCUT2D eigenvalue weighted by Crippen LogP contribution is 2.11. The number of aromatic nitrogens is 3. The van der Waals surface area contributed by atoms with Crippen LogP contribution in [0, 0.1) is 0 Å². The minimum absolute atomic E-state index is 0.508. The summed E-state index contributed by atoms with van der Waals surface area (Å²) in [5, 5.41) is 3.31. The minimum atomic E-state index is 0.508. The molecule has 1 N–H and O–H groups in total. The van der Waals surface area contributed by atoms with E-state index in [9.17, 15) is 0 Å². The molecule has 1 aromatic heterocycles. The topological polar surface area (TPSA) is 53.9 Å². The van der Waals surface area contributed by atoms with Gasteiger partial charge in [0.1, 0.15) is 12.7 Å². The molecule has 0 unspecified atom stereocenters. The number of rotatable bonds is 2. The Morgan fingerprint density at radius 3 is 2.57 bits per heavy atom. The Morgan fingerprint density at radius 1 is 1.29 bits per heavy atom. The number of nitrogens with zero attached hydrogens (tertiary/aromatic N) is 4. The fraction of sp³-hybridized carbons (Fsp3) is 0.667. The molecule has 0 atom stereocenters. The van der Waals surface area contributed by atoms with Crippen molar-refractivity contribution in [2.45, 2.75) is 18.9 Å². The highest BCUT2D eigenvalue weighted by Gasteiger charge is 2.16. The molecule has 0 radical (unpaired) electrons. The molecule has 0 spiro atoms. The molecule has 0 saturated carbocycles. The molecule has 1 fully saturated rings. The van der Waals surface area contributed by atoms with Gasteiger partial charge in [-0.25, -0.2) is 15.0 Å². The van der Waals surface area contributed by atoms with Crippen LogP contribution in [0.4, 0.5) is 5.95 Å². The van der Waals surface area contributed by atoms with Crippen LogP contribution in [0.5, 0.6) is 0 Å². The summed E-state index contributed by atoms with van der Waals surface area (Å²) in [5.74, 6) is 0.689. The molecular weight excluding hydrogens is 178 g/mol. The Labute approximate surface area is 83.6 Å². The number of anilines is 1. The minimum Gasteiger partial charge on any atom is -0.351 e. The van der Waals surface area contributed by atoms with Gasteiger partial charge in [-0.05, 0) is 33.0 Å². The maximum Gasteiger partial charge on any atom is 0.225 e. The third kappa shape index (κ3) is 2.38. The predicted octanol–water partition coefficient (Wildman–Crippen LogP) is 0.378. The molecule has 5 nitrogen and oxygen atoms in total. The van der Waals surface area contributed by atoms with Gasteiger partial charge >= 0.3 is 0 Å². The summed E-state index contributed by atoms with van der Waals surface area (Å²) < 4.78 is 0. The third-order valence-corrected chi connectivity index (χ3v) is 2.55. The van der Waals surface area contributed by atoms with Gasteiger partial charge in [0.2, 0.25) is 5.95 Å². The Kier molecular flexibility index (Phi) is 2.88. The van der Waals surface area contributed by atoms with Crippen molar-refractivity contribution in [1.82, 2.24) is 19.9 Å². The van der Waals surface area contributed by atoms with Crippen molar-refractivity contribution in [1.29, 1.82) is 0 Å². The van der Waals surface area contributed by atoms with Crippen LogP contribution in [0.15, 0.2) is 12.7 Å². The quantitative estimate of drug-likeness (QED) is 0.735. The van der Waals surface area contributed by atoms with Gasteiger partial charge in [-0.1, -0.05) is 0 Å². The summed E-state index contributed by atoms with van der Waals surface area (Å²) in [6.45, 7) is 2.28. The van der Waals surface area contributed by atoms with Crippen molar-refractivity contribution in [2.75, 3.05) is 25.5 Å². The van der Waals surface area contributed by atoms with Gasteiger partial charge in [-0.3, -0.25) is 0 Å². The molecule has 2 heterocycles. The van der Waals surface area contributed by atoms with Crippen LogP contribution in [-0.4, -0.2) is 46.0 Å². The van der Waals surface area contributed by atoms with Crippen LogP contribution >= 0.6 is 0 Å². The normalized spacial score (nSPS) is 19.5. The average molecular weight is 193 g/mol. The Balaban J connectivity index is 1.87. The molecule has 1 aromatic rings. The first-order valence-corrected chi connectivity index (χ1v) is 4.91. The lowest BCUT2D eigenvalue weighted by Crippen LogP contribution is -2.37. The standard InChI is InChI=1S/C9H15N5/c1-14-4-2-8(3-5-14)13-9-11-6-10-7-12-9/h6-8H,2-5H2,1H3,(H,10,11,12,13). The van der Waals surface area contributed by atoms with Gasteiger partial charge in [0.15, 0.2) is 0 Å². The van der Waals surface area contributed by atoms with Crippen LogP contribution in [0.3, 0.4) is 0 Å². The van der Waals surface area contributed by atoms with Gasteiger partial charge in [0.05, 0.1) is 0 Å². The smallest absolute Gasteiger partial charge is 0.225 e. The van der Waals surface area contributed by atoms with E-state index in [-0.39, 0.29) is 0 Å². The van der Waals surface area contributed by atoms with Crippen molar-refractivity contribution >= 4 is 5.95 Å². The second-order valence-electron chi connectivity index (χ2n) is 3.68. The molecular formula is C9H15N5. The van der Waals surface area contributed by atoms with E-state index < -0.39 is 0 Å². The lowest BCUT2D eigenvalue weighted by Gasteiger charge is -2.29. The number of nitrogens with one attached hydrogen (secondary N) is 1. The van der Waals surface area contributed by atoms with E-state index in [1.165, 1.54) is 12.7 Å². The van der Waals surface area contributed by atoms with Gasteiger partial charge in [0.25, 0.3) is 0 Å². The molecule has 0 aliphatic carbocycles. The molecule has 1 aliphatic rings. The maximum absolute atomic E-state index is 4.04. The van der Waals surface area contributed by atoms with Crippen molar-refractivity contribution in [3.63, 3.8) is 0 Å². The van der Waals surface area contributed by atoms with Gasteiger partial charge in [0, 0.05) is 6.04 Å². The number of piperidine rings is 1. The van der Waals surface area contributed by atoms with Crippen molar-refractivity contribution in [2.24, 2.45) is 0 Å². The van der Waals surface area contributed by atoms with Crippen molar-refractivity contribution < 1.29 is 0 Å². The van der Waals surface area contributed by atoms with E-state index in [1.807, 2.05) is 0 Å². The van der Waals surface area contributed by atoms with E-state index in [2.05, 4.69) is 32.2 Å².